The Hall–Kier alpha value is -2.33. The molecule has 0 saturated heterocycles. The molecule has 2 aromatic carbocycles. The highest BCUT2D eigenvalue weighted by atomic mass is 16.5. The molecule has 0 aromatic heterocycles. The third-order valence-electron chi connectivity index (χ3n) is 3.40. The first-order valence-corrected chi connectivity index (χ1v) is 6.52. The maximum absolute atomic E-state index is 11.1. The molecule has 0 fully saturated rings. The highest BCUT2D eigenvalue weighted by Crippen LogP contribution is 2.29. The van der Waals surface area contributed by atoms with E-state index in [4.69, 9.17) is 9.84 Å². The van der Waals surface area contributed by atoms with Crippen molar-refractivity contribution in [1.82, 2.24) is 5.32 Å². The fraction of sp³-hybridized carbons (Fsp3) is 0.188. The maximum Gasteiger partial charge on any atom is 0.335 e. The van der Waals surface area contributed by atoms with Gasteiger partial charge in [0.25, 0.3) is 0 Å². The van der Waals surface area contributed by atoms with Crippen LogP contribution in [0.5, 0.6) is 5.75 Å². The summed E-state index contributed by atoms with van der Waals surface area (Å²) in [6.45, 7) is 1.37. The molecule has 0 bridgehead atoms. The fourth-order valence-corrected chi connectivity index (χ4v) is 2.33. The van der Waals surface area contributed by atoms with Gasteiger partial charge in [-0.1, -0.05) is 36.4 Å². The first-order valence-electron chi connectivity index (χ1n) is 6.52. The Morgan fingerprint density at radius 3 is 2.75 bits per heavy atom. The number of hydrogen-bond donors (Lipinski definition) is 2. The summed E-state index contributed by atoms with van der Waals surface area (Å²) in [5, 5.41) is 12.4. The van der Waals surface area contributed by atoms with Gasteiger partial charge in [0.2, 0.25) is 0 Å². The summed E-state index contributed by atoms with van der Waals surface area (Å²) in [5.74, 6) is -0.298. The van der Waals surface area contributed by atoms with Crippen LogP contribution in [0.1, 0.15) is 27.6 Å². The van der Waals surface area contributed by atoms with Crippen molar-refractivity contribution < 1.29 is 14.6 Å². The van der Waals surface area contributed by atoms with E-state index in [0.717, 1.165) is 11.1 Å². The second-order valence-electron chi connectivity index (χ2n) is 4.78. The molecule has 1 aliphatic heterocycles. The summed E-state index contributed by atoms with van der Waals surface area (Å²) in [5.41, 5.74) is 2.31. The molecule has 3 rings (SSSR count). The van der Waals surface area contributed by atoms with Crippen molar-refractivity contribution in [2.75, 3.05) is 6.54 Å². The quantitative estimate of drug-likeness (QED) is 0.880. The van der Waals surface area contributed by atoms with Gasteiger partial charge in [-0.05, 0) is 17.7 Å². The van der Waals surface area contributed by atoms with Crippen molar-refractivity contribution in [1.29, 1.82) is 0 Å². The van der Waals surface area contributed by atoms with Crippen molar-refractivity contribution >= 4 is 5.97 Å². The van der Waals surface area contributed by atoms with Crippen LogP contribution >= 0.6 is 0 Å². The third kappa shape index (κ3) is 2.51. The lowest BCUT2D eigenvalue weighted by Crippen LogP contribution is -2.21. The predicted molar refractivity (Wildman–Crippen MR) is 74.9 cm³/mol. The molecular weight excluding hydrogens is 254 g/mol. The molecule has 0 radical (unpaired) electrons. The lowest BCUT2D eigenvalue weighted by Gasteiger charge is -2.17. The van der Waals surface area contributed by atoms with Gasteiger partial charge in [0, 0.05) is 18.7 Å². The monoisotopic (exact) mass is 269 g/mol. The Morgan fingerprint density at radius 1 is 1.20 bits per heavy atom. The lowest BCUT2D eigenvalue weighted by molar-refractivity contribution is 0.0696. The number of carboxylic acid groups (broad SMARTS) is 1. The Kier molecular flexibility index (Phi) is 3.39. The number of carboxylic acids is 1. The van der Waals surface area contributed by atoms with Gasteiger partial charge in [0.15, 0.2) is 0 Å². The van der Waals surface area contributed by atoms with Crippen LogP contribution < -0.4 is 10.1 Å². The minimum Gasteiger partial charge on any atom is -0.484 e. The zero-order valence-electron chi connectivity index (χ0n) is 10.9. The zero-order chi connectivity index (χ0) is 13.9. The van der Waals surface area contributed by atoms with E-state index in [-0.39, 0.29) is 11.7 Å². The molecule has 0 amide bonds. The van der Waals surface area contributed by atoms with Crippen LogP contribution in [0.3, 0.4) is 0 Å². The molecule has 20 heavy (non-hydrogen) atoms. The van der Waals surface area contributed by atoms with E-state index < -0.39 is 5.97 Å². The second kappa shape index (κ2) is 5.35. The van der Waals surface area contributed by atoms with Gasteiger partial charge >= 0.3 is 5.97 Å². The molecule has 2 N–H and O–H groups in total. The average molecular weight is 269 g/mol. The molecule has 1 heterocycles. The number of benzene rings is 2. The maximum atomic E-state index is 11.1. The highest BCUT2D eigenvalue weighted by Gasteiger charge is 2.20. The van der Waals surface area contributed by atoms with E-state index in [1.807, 2.05) is 30.3 Å². The van der Waals surface area contributed by atoms with E-state index in [2.05, 4.69) is 5.32 Å². The molecular formula is C16H15NO3. The van der Waals surface area contributed by atoms with Crippen LogP contribution in [0.25, 0.3) is 0 Å². The van der Waals surface area contributed by atoms with Gasteiger partial charge in [-0.2, -0.15) is 0 Å². The largest absolute Gasteiger partial charge is 0.484 e. The SMILES string of the molecule is O=C(O)c1ccc2c(c1)O[C@@H](c1ccccc1)CNC2. The Morgan fingerprint density at radius 2 is 2.00 bits per heavy atom. The van der Waals surface area contributed by atoms with Crippen LogP contribution in [-0.2, 0) is 6.54 Å². The summed E-state index contributed by atoms with van der Waals surface area (Å²) in [4.78, 5) is 11.1. The molecule has 0 aliphatic carbocycles. The molecule has 0 saturated carbocycles. The van der Waals surface area contributed by atoms with Crippen molar-refractivity contribution in [2.24, 2.45) is 0 Å². The van der Waals surface area contributed by atoms with E-state index in [1.165, 1.54) is 0 Å². The van der Waals surface area contributed by atoms with Crippen LogP contribution in [0.4, 0.5) is 0 Å². The number of rotatable bonds is 2. The molecule has 4 nitrogen and oxygen atoms in total. The van der Waals surface area contributed by atoms with Crippen molar-refractivity contribution in [3.63, 3.8) is 0 Å². The van der Waals surface area contributed by atoms with Crippen LogP contribution in [-0.4, -0.2) is 17.6 Å². The Balaban J connectivity index is 1.94. The number of carbonyl (C=O) groups is 1. The molecule has 4 heteroatoms. The van der Waals surface area contributed by atoms with Crippen LogP contribution in [0.2, 0.25) is 0 Å². The van der Waals surface area contributed by atoms with Crippen molar-refractivity contribution in [2.45, 2.75) is 12.6 Å². The summed E-state index contributed by atoms with van der Waals surface area (Å²) in [7, 11) is 0. The first-order chi connectivity index (χ1) is 9.74. The van der Waals surface area contributed by atoms with Crippen LogP contribution in [0, 0.1) is 0 Å². The minimum atomic E-state index is -0.940. The topological polar surface area (TPSA) is 58.6 Å². The smallest absolute Gasteiger partial charge is 0.335 e. The van der Waals surface area contributed by atoms with E-state index in [0.29, 0.717) is 18.8 Å². The van der Waals surface area contributed by atoms with Gasteiger partial charge in [0.05, 0.1) is 5.56 Å². The predicted octanol–water partition coefficient (Wildman–Crippen LogP) is 2.61. The molecule has 2 aromatic rings. The van der Waals surface area contributed by atoms with Crippen molar-refractivity contribution in [3.8, 4) is 5.75 Å². The second-order valence-corrected chi connectivity index (χ2v) is 4.78. The minimum absolute atomic E-state index is 0.110. The molecule has 1 aliphatic rings. The molecule has 0 spiro atoms. The van der Waals surface area contributed by atoms with E-state index in [9.17, 15) is 4.79 Å². The first kappa shape index (κ1) is 12.7. The van der Waals surface area contributed by atoms with Crippen LogP contribution in [0.15, 0.2) is 48.5 Å². The number of hydrogen-bond acceptors (Lipinski definition) is 3. The standard InChI is InChI=1S/C16H15NO3/c18-16(19)12-6-7-13-9-17-10-15(20-14(13)8-12)11-4-2-1-3-5-11/h1-8,15,17H,9-10H2,(H,18,19)/t15-/m1/s1. The van der Waals surface area contributed by atoms with Gasteiger partial charge in [-0.3, -0.25) is 0 Å². The number of fused-ring (bicyclic) bond motifs is 1. The summed E-state index contributed by atoms with van der Waals surface area (Å²) in [6.07, 6.45) is -0.110. The summed E-state index contributed by atoms with van der Waals surface area (Å²) >= 11 is 0. The normalized spacial score (nSPS) is 17.7. The average Bonchev–Trinajstić information content (AvgIpc) is 2.69. The number of ether oxygens (including phenoxy) is 1. The zero-order valence-corrected chi connectivity index (χ0v) is 10.9. The molecule has 1 atom stereocenters. The molecule has 0 unspecified atom stereocenters. The van der Waals surface area contributed by atoms with Gasteiger partial charge < -0.3 is 15.2 Å². The van der Waals surface area contributed by atoms with Crippen molar-refractivity contribution in [3.05, 3.63) is 65.2 Å². The number of aromatic carboxylic acids is 1. The summed E-state index contributed by atoms with van der Waals surface area (Å²) < 4.78 is 6.01. The van der Waals surface area contributed by atoms with E-state index >= 15 is 0 Å². The highest BCUT2D eigenvalue weighted by molar-refractivity contribution is 5.88. The lowest BCUT2D eigenvalue weighted by atomic mass is 10.1. The third-order valence-corrected chi connectivity index (χ3v) is 3.40. The molecule has 102 valence electrons. The number of nitrogens with one attached hydrogen (secondary N) is 1. The van der Waals surface area contributed by atoms with Gasteiger partial charge in [-0.15, -0.1) is 0 Å². The van der Waals surface area contributed by atoms with E-state index in [1.54, 1.807) is 18.2 Å². The van der Waals surface area contributed by atoms with Gasteiger partial charge in [0.1, 0.15) is 11.9 Å². The Labute approximate surface area is 117 Å². The Bertz CT molecular complexity index is 625. The fourth-order valence-electron chi connectivity index (χ4n) is 2.33. The van der Waals surface area contributed by atoms with Gasteiger partial charge in [-0.25, -0.2) is 4.79 Å². The summed E-state index contributed by atoms with van der Waals surface area (Å²) in [6, 6.07) is 14.9.